The Labute approximate surface area is 192 Å². The lowest BCUT2D eigenvalue weighted by Crippen LogP contribution is -2.02. The Morgan fingerprint density at radius 3 is 1.85 bits per heavy atom. The van der Waals surface area contributed by atoms with Gasteiger partial charge in [-0.2, -0.15) is 10.5 Å². The number of ether oxygens (including phenoxy) is 1. The summed E-state index contributed by atoms with van der Waals surface area (Å²) >= 11 is 0. The van der Waals surface area contributed by atoms with Gasteiger partial charge >= 0.3 is 5.97 Å². The monoisotopic (exact) mass is 432 g/mol. The Kier molecular flexibility index (Phi) is 5.81. The standard InChI is InChI=1S/C28H20N2O3/c1-17-14-23(19(3)32-17)18(2)24-26(27(33-28(24)31)22(15-29)16-30)25(20-10-6-4-7-11-20)21-12-8-5-9-13-21/h4-14H,1-3H3. The second-order valence-corrected chi connectivity index (χ2v) is 7.63. The SMILES string of the molecule is CC(=C1C(=O)OC(=C(C#N)C#N)C1=C(c1ccccc1)c1ccccc1)c1cc(C)oc1C. The fraction of sp³-hybridized carbons (Fsp3) is 0.107. The lowest BCUT2D eigenvalue weighted by atomic mass is 9.86. The quantitative estimate of drug-likeness (QED) is 0.286. The molecule has 2 heterocycles. The third kappa shape index (κ3) is 3.89. The number of aryl methyl sites for hydroxylation is 2. The number of hydrogen-bond donors (Lipinski definition) is 0. The molecule has 1 aliphatic heterocycles. The van der Waals surface area contributed by atoms with Crippen molar-refractivity contribution in [2.45, 2.75) is 20.8 Å². The number of allylic oxidation sites excluding steroid dienone is 3. The average molecular weight is 432 g/mol. The zero-order chi connectivity index (χ0) is 23.5. The molecule has 160 valence electrons. The molecule has 0 N–H and O–H groups in total. The highest BCUT2D eigenvalue weighted by molar-refractivity contribution is 6.11. The van der Waals surface area contributed by atoms with Crippen molar-refractivity contribution in [2.75, 3.05) is 0 Å². The van der Waals surface area contributed by atoms with Crippen molar-refractivity contribution >= 4 is 17.1 Å². The van der Waals surface area contributed by atoms with Gasteiger partial charge in [-0.15, -0.1) is 0 Å². The zero-order valence-electron chi connectivity index (χ0n) is 18.5. The summed E-state index contributed by atoms with van der Waals surface area (Å²) in [4.78, 5) is 13.2. The summed E-state index contributed by atoms with van der Waals surface area (Å²) in [5, 5.41) is 19.3. The van der Waals surface area contributed by atoms with Gasteiger partial charge in [0.05, 0.1) is 5.57 Å². The Bertz CT molecular complexity index is 1370. The minimum absolute atomic E-state index is 0.0278. The average Bonchev–Trinajstić information content (AvgIpc) is 3.34. The van der Waals surface area contributed by atoms with Gasteiger partial charge < -0.3 is 9.15 Å². The third-order valence-corrected chi connectivity index (χ3v) is 5.52. The summed E-state index contributed by atoms with van der Waals surface area (Å²) < 4.78 is 11.3. The Balaban J connectivity index is 2.20. The van der Waals surface area contributed by atoms with E-state index in [1.165, 1.54) is 0 Å². The number of esters is 1. The van der Waals surface area contributed by atoms with E-state index in [9.17, 15) is 15.3 Å². The molecule has 1 aromatic heterocycles. The Morgan fingerprint density at radius 2 is 1.39 bits per heavy atom. The lowest BCUT2D eigenvalue weighted by Gasteiger charge is -2.14. The summed E-state index contributed by atoms with van der Waals surface area (Å²) in [5.41, 5.74) is 4.25. The van der Waals surface area contributed by atoms with Gasteiger partial charge in [-0.05, 0) is 43.5 Å². The number of carbonyl (C=O) groups excluding carboxylic acids is 1. The van der Waals surface area contributed by atoms with Crippen LogP contribution in [-0.2, 0) is 9.53 Å². The fourth-order valence-electron chi connectivity index (χ4n) is 4.09. The molecular weight excluding hydrogens is 412 g/mol. The summed E-state index contributed by atoms with van der Waals surface area (Å²) in [6.07, 6.45) is 0. The molecule has 2 aromatic carbocycles. The van der Waals surface area contributed by atoms with Crippen LogP contribution in [0.2, 0.25) is 0 Å². The minimum Gasteiger partial charge on any atom is -0.466 e. The maximum absolute atomic E-state index is 13.2. The number of rotatable bonds is 3. The van der Waals surface area contributed by atoms with E-state index < -0.39 is 5.97 Å². The highest BCUT2D eigenvalue weighted by Gasteiger charge is 2.38. The van der Waals surface area contributed by atoms with E-state index in [0.29, 0.717) is 28.1 Å². The van der Waals surface area contributed by atoms with Crippen molar-refractivity contribution < 1.29 is 13.9 Å². The van der Waals surface area contributed by atoms with Gasteiger partial charge in [0.15, 0.2) is 11.3 Å². The highest BCUT2D eigenvalue weighted by Crippen LogP contribution is 2.44. The number of benzene rings is 2. The first kappa shape index (κ1) is 21.6. The number of nitrogens with zero attached hydrogens (tertiary/aromatic N) is 2. The zero-order valence-corrected chi connectivity index (χ0v) is 18.5. The molecule has 0 saturated carbocycles. The molecule has 5 nitrogen and oxygen atoms in total. The normalized spacial score (nSPS) is 14.4. The first-order chi connectivity index (χ1) is 16.0. The summed E-state index contributed by atoms with van der Waals surface area (Å²) in [6.45, 7) is 5.49. The second kappa shape index (κ2) is 8.86. The van der Waals surface area contributed by atoms with Gasteiger partial charge in [-0.25, -0.2) is 4.79 Å². The molecule has 0 spiro atoms. The number of nitriles is 2. The molecule has 0 radical (unpaired) electrons. The van der Waals surface area contributed by atoms with Crippen LogP contribution < -0.4 is 0 Å². The number of furan rings is 1. The highest BCUT2D eigenvalue weighted by atomic mass is 16.5. The molecule has 1 fully saturated rings. The van der Waals surface area contributed by atoms with Crippen LogP contribution in [0.3, 0.4) is 0 Å². The van der Waals surface area contributed by atoms with E-state index in [1.54, 1.807) is 0 Å². The van der Waals surface area contributed by atoms with Crippen molar-refractivity contribution in [2.24, 2.45) is 0 Å². The van der Waals surface area contributed by atoms with Gasteiger partial charge in [0, 0.05) is 16.7 Å². The molecule has 0 aliphatic carbocycles. The first-order valence-electron chi connectivity index (χ1n) is 10.4. The van der Waals surface area contributed by atoms with Gasteiger partial charge in [0.1, 0.15) is 23.7 Å². The predicted molar refractivity (Wildman–Crippen MR) is 124 cm³/mol. The molecule has 1 saturated heterocycles. The Morgan fingerprint density at radius 1 is 0.848 bits per heavy atom. The van der Waals surface area contributed by atoms with E-state index in [-0.39, 0.29) is 11.3 Å². The molecule has 0 bridgehead atoms. The van der Waals surface area contributed by atoms with Crippen LogP contribution in [0.25, 0.3) is 11.1 Å². The summed E-state index contributed by atoms with van der Waals surface area (Å²) in [5.74, 6) is 0.753. The molecule has 5 heteroatoms. The molecule has 0 unspecified atom stereocenters. The third-order valence-electron chi connectivity index (χ3n) is 5.52. The lowest BCUT2D eigenvalue weighted by molar-refractivity contribution is -0.132. The molecular formula is C28H20N2O3. The number of hydrogen-bond acceptors (Lipinski definition) is 5. The van der Waals surface area contributed by atoms with Gasteiger partial charge in [-0.3, -0.25) is 0 Å². The smallest absolute Gasteiger partial charge is 0.344 e. The van der Waals surface area contributed by atoms with E-state index in [1.807, 2.05) is 99.6 Å². The van der Waals surface area contributed by atoms with E-state index >= 15 is 0 Å². The van der Waals surface area contributed by atoms with Crippen LogP contribution in [0.15, 0.2) is 93.6 Å². The predicted octanol–water partition coefficient (Wildman–Crippen LogP) is 6.03. The van der Waals surface area contributed by atoms with E-state index in [4.69, 9.17) is 9.15 Å². The van der Waals surface area contributed by atoms with Gasteiger partial charge in [-0.1, -0.05) is 60.7 Å². The van der Waals surface area contributed by atoms with E-state index in [2.05, 4.69) is 0 Å². The number of cyclic esters (lactones) is 1. The van der Waals surface area contributed by atoms with Gasteiger partial charge in [0.2, 0.25) is 0 Å². The van der Waals surface area contributed by atoms with Gasteiger partial charge in [0.25, 0.3) is 0 Å². The minimum atomic E-state index is -0.608. The van der Waals surface area contributed by atoms with E-state index in [0.717, 1.165) is 22.5 Å². The first-order valence-corrected chi connectivity index (χ1v) is 10.4. The maximum Gasteiger partial charge on any atom is 0.344 e. The van der Waals surface area contributed by atoms with Crippen LogP contribution in [0, 0.1) is 36.5 Å². The molecule has 0 amide bonds. The van der Waals surface area contributed by atoms with Crippen LogP contribution in [0.4, 0.5) is 0 Å². The topological polar surface area (TPSA) is 87.0 Å². The molecule has 33 heavy (non-hydrogen) atoms. The van der Waals surface area contributed by atoms with Crippen molar-refractivity contribution in [1.82, 2.24) is 0 Å². The largest absolute Gasteiger partial charge is 0.466 e. The summed E-state index contributed by atoms with van der Waals surface area (Å²) in [6, 6.07) is 24.7. The van der Waals surface area contributed by atoms with Crippen molar-refractivity contribution in [3.63, 3.8) is 0 Å². The molecule has 0 atom stereocenters. The molecule has 1 aliphatic rings. The van der Waals surface area contributed by atoms with Crippen LogP contribution in [0.5, 0.6) is 0 Å². The maximum atomic E-state index is 13.2. The fourth-order valence-corrected chi connectivity index (χ4v) is 4.09. The van der Waals surface area contributed by atoms with Crippen LogP contribution in [0.1, 0.15) is 35.1 Å². The van der Waals surface area contributed by atoms with Crippen molar-refractivity contribution in [3.8, 4) is 12.1 Å². The van der Waals surface area contributed by atoms with Crippen LogP contribution in [-0.4, -0.2) is 5.97 Å². The molecule has 3 aromatic rings. The summed E-state index contributed by atoms with van der Waals surface area (Å²) in [7, 11) is 0. The van der Waals surface area contributed by atoms with Crippen molar-refractivity contribution in [1.29, 1.82) is 10.5 Å². The number of carbonyl (C=O) groups is 1. The Hall–Kier alpha value is -4.61. The molecule has 4 rings (SSSR count). The second-order valence-electron chi connectivity index (χ2n) is 7.63. The van der Waals surface area contributed by atoms with Crippen LogP contribution >= 0.6 is 0 Å². The van der Waals surface area contributed by atoms with Crippen molar-refractivity contribution in [3.05, 3.63) is 117 Å².